The normalized spacial score (nSPS) is 33.2. The van der Waals surface area contributed by atoms with E-state index in [1.54, 1.807) is 24.3 Å². The van der Waals surface area contributed by atoms with Gasteiger partial charge in [0.05, 0.1) is 5.56 Å². The van der Waals surface area contributed by atoms with Crippen molar-refractivity contribution < 1.29 is 14.3 Å². The molecule has 4 bridgehead atoms. The number of hydrogen-bond donors (Lipinski definition) is 1. The number of ether oxygens (including phenoxy) is 1. The first kappa shape index (κ1) is 15.7. The maximum absolute atomic E-state index is 12.2. The lowest BCUT2D eigenvalue weighted by Gasteiger charge is -2.56. The zero-order chi connectivity index (χ0) is 16.6. The van der Waals surface area contributed by atoms with Crippen molar-refractivity contribution in [2.75, 3.05) is 13.2 Å². The van der Waals surface area contributed by atoms with Crippen LogP contribution in [-0.2, 0) is 4.79 Å². The Morgan fingerprint density at radius 2 is 1.75 bits per heavy atom. The third-order valence-electron chi connectivity index (χ3n) is 6.23. The second kappa shape index (κ2) is 6.23. The number of para-hydroxylation sites is 1. The van der Waals surface area contributed by atoms with E-state index in [1.807, 2.05) is 0 Å². The number of aldehydes is 1. The molecule has 0 saturated heterocycles. The lowest BCUT2D eigenvalue weighted by Crippen LogP contribution is -2.51. The molecule has 1 aromatic rings. The second-order valence-electron chi connectivity index (χ2n) is 8.14. The Balaban J connectivity index is 1.30. The first-order valence-corrected chi connectivity index (χ1v) is 9.09. The number of benzene rings is 1. The molecule has 0 aromatic heterocycles. The Kier molecular flexibility index (Phi) is 4.07. The molecule has 128 valence electrons. The minimum Gasteiger partial charge on any atom is -0.483 e. The lowest BCUT2D eigenvalue weighted by molar-refractivity contribution is -0.125. The molecule has 24 heavy (non-hydrogen) atoms. The first-order chi connectivity index (χ1) is 11.7. The highest BCUT2D eigenvalue weighted by atomic mass is 16.5. The van der Waals surface area contributed by atoms with Gasteiger partial charge in [0.2, 0.25) is 0 Å². The molecule has 0 aliphatic heterocycles. The highest BCUT2D eigenvalue weighted by Gasteiger charge is 2.50. The van der Waals surface area contributed by atoms with E-state index in [-0.39, 0.29) is 12.5 Å². The molecule has 5 rings (SSSR count). The summed E-state index contributed by atoms with van der Waals surface area (Å²) in [5, 5.41) is 3.10. The molecule has 1 amide bonds. The lowest BCUT2D eigenvalue weighted by atomic mass is 9.49. The molecule has 0 unspecified atom stereocenters. The summed E-state index contributed by atoms with van der Waals surface area (Å²) in [5.41, 5.74) is 0.817. The molecule has 4 nitrogen and oxygen atoms in total. The van der Waals surface area contributed by atoms with E-state index in [4.69, 9.17) is 4.74 Å². The summed E-state index contributed by atoms with van der Waals surface area (Å²) in [7, 11) is 0. The van der Waals surface area contributed by atoms with Gasteiger partial charge in [0.15, 0.2) is 12.9 Å². The average Bonchev–Trinajstić information content (AvgIpc) is 2.57. The fraction of sp³-hybridized carbons (Fsp3) is 0.600. The van der Waals surface area contributed by atoms with E-state index < -0.39 is 0 Å². The summed E-state index contributed by atoms with van der Waals surface area (Å²) >= 11 is 0. The Labute approximate surface area is 143 Å². The topological polar surface area (TPSA) is 55.4 Å². The number of nitrogens with one attached hydrogen (secondary N) is 1. The smallest absolute Gasteiger partial charge is 0.257 e. The van der Waals surface area contributed by atoms with Crippen LogP contribution in [-0.4, -0.2) is 25.3 Å². The van der Waals surface area contributed by atoms with E-state index in [0.717, 1.165) is 30.6 Å². The van der Waals surface area contributed by atoms with Crippen molar-refractivity contribution in [3.63, 3.8) is 0 Å². The predicted molar refractivity (Wildman–Crippen MR) is 90.9 cm³/mol. The molecule has 0 radical (unpaired) electrons. The van der Waals surface area contributed by atoms with Gasteiger partial charge in [-0.25, -0.2) is 0 Å². The Morgan fingerprint density at radius 1 is 1.12 bits per heavy atom. The zero-order valence-electron chi connectivity index (χ0n) is 14.0. The van der Waals surface area contributed by atoms with Crippen LogP contribution in [0.15, 0.2) is 24.3 Å². The molecule has 4 heteroatoms. The molecule has 0 atom stereocenters. The molecule has 4 aliphatic carbocycles. The van der Waals surface area contributed by atoms with Crippen molar-refractivity contribution in [3.8, 4) is 5.75 Å². The molecule has 0 spiro atoms. The van der Waals surface area contributed by atoms with Crippen LogP contribution in [0.25, 0.3) is 0 Å². The molecule has 1 N–H and O–H groups in total. The van der Waals surface area contributed by atoms with Gasteiger partial charge in [0, 0.05) is 6.54 Å². The minimum atomic E-state index is -0.0913. The van der Waals surface area contributed by atoms with Gasteiger partial charge in [0.1, 0.15) is 5.75 Å². The van der Waals surface area contributed by atoms with Crippen LogP contribution in [0, 0.1) is 23.2 Å². The SMILES string of the molecule is O=Cc1ccccc1OCC(=O)NCC12CC3CC(CC(C3)C1)C2. The van der Waals surface area contributed by atoms with Crippen molar-refractivity contribution >= 4 is 12.2 Å². The second-order valence-corrected chi connectivity index (χ2v) is 8.14. The first-order valence-electron chi connectivity index (χ1n) is 9.09. The van der Waals surface area contributed by atoms with Crippen molar-refractivity contribution in [2.45, 2.75) is 38.5 Å². The molecule has 4 fully saturated rings. The minimum absolute atomic E-state index is 0.0305. The van der Waals surface area contributed by atoms with Gasteiger partial charge in [-0.2, -0.15) is 0 Å². The van der Waals surface area contributed by atoms with Crippen molar-refractivity contribution in [1.29, 1.82) is 0 Å². The Bertz CT molecular complexity index is 604. The van der Waals surface area contributed by atoms with Crippen molar-refractivity contribution in [1.82, 2.24) is 5.32 Å². The monoisotopic (exact) mass is 327 g/mol. The molecule has 4 saturated carbocycles. The van der Waals surface area contributed by atoms with Crippen LogP contribution in [0.3, 0.4) is 0 Å². The van der Waals surface area contributed by atoms with Gasteiger partial charge in [-0.3, -0.25) is 9.59 Å². The van der Waals surface area contributed by atoms with Crippen LogP contribution in [0.2, 0.25) is 0 Å². The van der Waals surface area contributed by atoms with Crippen LogP contribution in [0.4, 0.5) is 0 Å². The molecule has 1 aromatic carbocycles. The van der Waals surface area contributed by atoms with Crippen molar-refractivity contribution in [2.24, 2.45) is 23.2 Å². The van der Waals surface area contributed by atoms with E-state index in [2.05, 4.69) is 5.32 Å². The van der Waals surface area contributed by atoms with Gasteiger partial charge in [-0.15, -0.1) is 0 Å². The largest absolute Gasteiger partial charge is 0.483 e. The van der Waals surface area contributed by atoms with Gasteiger partial charge in [0.25, 0.3) is 5.91 Å². The van der Waals surface area contributed by atoms with Crippen LogP contribution in [0.5, 0.6) is 5.75 Å². The van der Waals surface area contributed by atoms with E-state index in [0.29, 0.717) is 16.7 Å². The van der Waals surface area contributed by atoms with Gasteiger partial charge in [-0.1, -0.05) is 12.1 Å². The third-order valence-corrected chi connectivity index (χ3v) is 6.23. The number of carbonyl (C=O) groups is 2. The van der Waals surface area contributed by atoms with Gasteiger partial charge >= 0.3 is 0 Å². The van der Waals surface area contributed by atoms with Gasteiger partial charge in [-0.05, 0) is 73.8 Å². The van der Waals surface area contributed by atoms with E-state index >= 15 is 0 Å². The Morgan fingerprint density at radius 3 is 2.38 bits per heavy atom. The van der Waals surface area contributed by atoms with Crippen LogP contribution >= 0.6 is 0 Å². The summed E-state index contributed by atoms with van der Waals surface area (Å²) < 4.78 is 5.52. The zero-order valence-corrected chi connectivity index (χ0v) is 14.0. The third kappa shape index (κ3) is 3.06. The standard InChI is InChI=1S/C20H25NO3/c22-11-17-3-1-2-4-18(17)24-12-19(23)21-13-20-8-14-5-15(9-20)7-16(6-14)10-20/h1-4,11,14-16H,5-10,12-13H2,(H,21,23). The summed E-state index contributed by atoms with van der Waals surface area (Å²) in [6, 6.07) is 6.99. The van der Waals surface area contributed by atoms with Gasteiger partial charge < -0.3 is 10.1 Å². The number of amides is 1. The summed E-state index contributed by atoms with van der Waals surface area (Å²) in [4.78, 5) is 23.2. The molecular formula is C20H25NO3. The van der Waals surface area contributed by atoms with Crippen molar-refractivity contribution in [3.05, 3.63) is 29.8 Å². The number of hydrogen-bond acceptors (Lipinski definition) is 3. The fourth-order valence-electron chi connectivity index (χ4n) is 5.70. The summed E-state index contributed by atoms with van der Waals surface area (Å²) in [6.07, 6.45) is 8.86. The number of carbonyl (C=O) groups excluding carboxylic acids is 2. The highest BCUT2D eigenvalue weighted by molar-refractivity contribution is 5.80. The maximum Gasteiger partial charge on any atom is 0.257 e. The molecular weight excluding hydrogens is 302 g/mol. The Hall–Kier alpha value is -1.84. The maximum atomic E-state index is 12.2. The van der Waals surface area contributed by atoms with E-state index in [9.17, 15) is 9.59 Å². The van der Waals surface area contributed by atoms with Crippen LogP contribution in [0.1, 0.15) is 48.9 Å². The fourth-order valence-corrected chi connectivity index (χ4v) is 5.70. The molecule has 0 heterocycles. The van der Waals surface area contributed by atoms with E-state index in [1.165, 1.54) is 38.5 Å². The quantitative estimate of drug-likeness (QED) is 0.816. The average molecular weight is 327 g/mol. The molecule has 4 aliphatic rings. The summed E-state index contributed by atoms with van der Waals surface area (Å²) in [5.74, 6) is 3.06. The highest BCUT2D eigenvalue weighted by Crippen LogP contribution is 2.59. The predicted octanol–water partition coefficient (Wildman–Crippen LogP) is 3.21. The van der Waals surface area contributed by atoms with Crippen LogP contribution < -0.4 is 10.1 Å². The number of rotatable bonds is 6. The summed E-state index contributed by atoms with van der Waals surface area (Å²) in [6.45, 7) is 0.755.